The number of tetrazole rings is 1. The van der Waals surface area contributed by atoms with E-state index < -0.39 is 0 Å². The molecule has 3 rings (SSSR count). The number of halogens is 1. The Labute approximate surface area is 119 Å². The van der Waals surface area contributed by atoms with Crippen LogP contribution in [-0.2, 0) is 6.54 Å². The van der Waals surface area contributed by atoms with Crippen molar-refractivity contribution < 1.29 is 4.39 Å². The second-order valence-electron chi connectivity index (χ2n) is 4.37. The van der Waals surface area contributed by atoms with Crippen molar-refractivity contribution in [2.24, 2.45) is 0 Å². The van der Waals surface area contributed by atoms with Crippen LogP contribution in [0.3, 0.4) is 0 Å². The van der Waals surface area contributed by atoms with Crippen LogP contribution in [0.1, 0.15) is 11.5 Å². The highest BCUT2D eigenvalue weighted by Crippen LogP contribution is 2.18. The molecule has 1 aromatic carbocycles. The van der Waals surface area contributed by atoms with Crippen molar-refractivity contribution >= 4 is 5.69 Å². The maximum absolute atomic E-state index is 13.8. The van der Waals surface area contributed by atoms with E-state index in [-0.39, 0.29) is 5.82 Å². The molecule has 0 aliphatic rings. The van der Waals surface area contributed by atoms with Crippen LogP contribution in [0.25, 0.3) is 5.69 Å². The molecular formula is C13H12FN7. The molecule has 8 heteroatoms. The first kappa shape index (κ1) is 13.1. The highest BCUT2D eigenvalue weighted by atomic mass is 19.1. The van der Waals surface area contributed by atoms with E-state index >= 15 is 0 Å². The maximum Gasteiger partial charge on any atom is 0.146 e. The summed E-state index contributed by atoms with van der Waals surface area (Å²) in [4.78, 5) is 8.28. The van der Waals surface area contributed by atoms with Gasteiger partial charge in [-0.1, -0.05) is 0 Å². The molecule has 0 bridgehead atoms. The summed E-state index contributed by atoms with van der Waals surface area (Å²) >= 11 is 0. The Morgan fingerprint density at radius 3 is 2.95 bits per heavy atom. The lowest BCUT2D eigenvalue weighted by Crippen LogP contribution is -2.06. The van der Waals surface area contributed by atoms with Crippen LogP contribution in [0.15, 0.2) is 36.8 Å². The molecule has 7 nitrogen and oxygen atoms in total. The number of aromatic nitrogens is 6. The number of aryl methyl sites for hydroxylation is 1. The minimum Gasteiger partial charge on any atom is -0.377 e. The van der Waals surface area contributed by atoms with Crippen LogP contribution in [0, 0.1) is 12.7 Å². The average Bonchev–Trinajstić information content (AvgIpc) is 3.01. The van der Waals surface area contributed by atoms with Crippen molar-refractivity contribution in [2.45, 2.75) is 13.5 Å². The van der Waals surface area contributed by atoms with Gasteiger partial charge in [-0.25, -0.2) is 19.0 Å². The Bertz CT molecular complexity index is 742. The average molecular weight is 285 g/mol. The van der Waals surface area contributed by atoms with Crippen molar-refractivity contribution in [3.05, 3.63) is 54.1 Å². The van der Waals surface area contributed by atoms with Crippen molar-refractivity contribution in [1.82, 2.24) is 30.2 Å². The minimum atomic E-state index is -0.349. The molecule has 0 atom stereocenters. The zero-order valence-electron chi connectivity index (χ0n) is 11.2. The third kappa shape index (κ3) is 2.99. The largest absolute Gasteiger partial charge is 0.377 e. The molecule has 0 unspecified atom stereocenters. The van der Waals surface area contributed by atoms with Gasteiger partial charge in [0.2, 0.25) is 0 Å². The van der Waals surface area contributed by atoms with E-state index in [0.29, 0.717) is 23.7 Å². The molecule has 0 radical (unpaired) electrons. The lowest BCUT2D eigenvalue weighted by Gasteiger charge is -2.09. The fourth-order valence-electron chi connectivity index (χ4n) is 1.86. The van der Waals surface area contributed by atoms with E-state index in [1.807, 2.05) is 6.92 Å². The first-order valence-corrected chi connectivity index (χ1v) is 6.28. The van der Waals surface area contributed by atoms with Gasteiger partial charge in [0.25, 0.3) is 0 Å². The molecule has 0 aliphatic carbocycles. The monoisotopic (exact) mass is 285 g/mol. The molecule has 21 heavy (non-hydrogen) atoms. The van der Waals surface area contributed by atoms with Crippen LogP contribution in [0.2, 0.25) is 0 Å². The third-order valence-electron chi connectivity index (χ3n) is 2.86. The number of nitrogens with one attached hydrogen (secondary N) is 1. The molecule has 2 aromatic heterocycles. The minimum absolute atomic E-state index is 0.349. The molecule has 0 aliphatic heterocycles. The molecule has 2 heterocycles. The van der Waals surface area contributed by atoms with Gasteiger partial charge in [-0.3, -0.25) is 0 Å². The lowest BCUT2D eigenvalue weighted by molar-refractivity contribution is 0.629. The van der Waals surface area contributed by atoms with Crippen LogP contribution >= 0.6 is 0 Å². The first-order chi connectivity index (χ1) is 10.2. The zero-order chi connectivity index (χ0) is 14.7. The van der Waals surface area contributed by atoms with Crippen LogP contribution < -0.4 is 5.32 Å². The fourth-order valence-corrected chi connectivity index (χ4v) is 1.86. The van der Waals surface area contributed by atoms with Gasteiger partial charge < -0.3 is 5.32 Å². The molecule has 0 fully saturated rings. The molecular weight excluding hydrogens is 273 g/mol. The molecule has 0 spiro atoms. The summed E-state index contributed by atoms with van der Waals surface area (Å²) in [5, 5.41) is 13.9. The standard InChI is InChI=1S/C13H12FN7/c1-9-15-5-4-10(18-9)7-16-13-6-11(2-3-12(13)14)21-8-17-19-20-21/h2-6,8,16H,7H2,1H3. The van der Waals surface area contributed by atoms with Gasteiger partial charge in [0.05, 0.1) is 23.6 Å². The van der Waals surface area contributed by atoms with Crippen LogP contribution in [0.4, 0.5) is 10.1 Å². The van der Waals surface area contributed by atoms with Gasteiger partial charge >= 0.3 is 0 Å². The van der Waals surface area contributed by atoms with Crippen LogP contribution in [0.5, 0.6) is 0 Å². The van der Waals surface area contributed by atoms with Crippen molar-refractivity contribution in [3.8, 4) is 5.69 Å². The summed E-state index contributed by atoms with van der Waals surface area (Å²) in [7, 11) is 0. The van der Waals surface area contributed by atoms with Gasteiger partial charge in [-0.15, -0.1) is 5.10 Å². The van der Waals surface area contributed by atoms with E-state index in [4.69, 9.17) is 0 Å². The fraction of sp³-hybridized carbons (Fsp3) is 0.154. The molecule has 106 valence electrons. The quantitative estimate of drug-likeness (QED) is 0.782. The highest BCUT2D eigenvalue weighted by molar-refractivity contribution is 5.52. The van der Waals surface area contributed by atoms with Gasteiger partial charge in [-0.2, -0.15) is 0 Å². The zero-order valence-corrected chi connectivity index (χ0v) is 11.2. The number of hydrogen-bond donors (Lipinski definition) is 1. The summed E-state index contributed by atoms with van der Waals surface area (Å²) in [6.07, 6.45) is 3.12. The summed E-state index contributed by atoms with van der Waals surface area (Å²) in [6.45, 7) is 2.21. The van der Waals surface area contributed by atoms with Gasteiger partial charge in [0.1, 0.15) is 18.0 Å². The Balaban J connectivity index is 1.80. The second-order valence-corrected chi connectivity index (χ2v) is 4.37. The van der Waals surface area contributed by atoms with E-state index in [1.54, 1.807) is 24.4 Å². The predicted octanol–water partition coefficient (Wildman–Crippen LogP) is 1.51. The lowest BCUT2D eigenvalue weighted by atomic mass is 10.2. The smallest absolute Gasteiger partial charge is 0.146 e. The third-order valence-corrected chi connectivity index (χ3v) is 2.86. The maximum atomic E-state index is 13.8. The molecule has 0 amide bonds. The highest BCUT2D eigenvalue weighted by Gasteiger charge is 2.06. The van der Waals surface area contributed by atoms with Crippen LogP contribution in [-0.4, -0.2) is 30.2 Å². The number of nitrogens with zero attached hydrogens (tertiary/aromatic N) is 6. The van der Waals surface area contributed by atoms with E-state index in [9.17, 15) is 4.39 Å². The number of hydrogen-bond acceptors (Lipinski definition) is 6. The normalized spacial score (nSPS) is 10.6. The summed E-state index contributed by atoms with van der Waals surface area (Å²) < 4.78 is 15.3. The summed E-state index contributed by atoms with van der Waals surface area (Å²) in [5.74, 6) is 0.329. The van der Waals surface area contributed by atoms with Gasteiger partial charge in [0.15, 0.2) is 0 Å². The molecule has 0 saturated heterocycles. The first-order valence-electron chi connectivity index (χ1n) is 6.28. The van der Waals surface area contributed by atoms with Crippen molar-refractivity contribution in [3.63, 3.8) is 0 Å². The summed E-state index contributed by atoms with van der Waals surface area (Å²) in [6, 6.07) is 6.39. The molecule has 1 N–H and O–H groups in total. The number of rotatable bonds is 4. The van der Waals surface area contributed by atoms with E-state index in [1.165, 1.54) is 17.1 Å². The summed E-state index contributed by atoms with van der Waals surface area (Å²) in [5.41, 5.74) is 1.82. The van der Waals surface area contributed by atoms with E-state index in [2.05, 4.69) is 30.8 Å². The molecule has 3 aromatic rings. The number of benzene rings is 1. The Morgan fingerprint density at radius 2 is 2.19 bits per heavy atom. The Hall–Kier alpha value is -2.90. The topological polar surface area (TPSA) is 81.4 Å². The number of anilines is 1. The second kappa shape index (κ2) is 5.61. The Morgan fingerprint density at radius 1 is 1.29 bits per heavy atom. The predicted molar refractivity (Wildman–Crippen MR) is 73.2 cm³/mol. The van der Waals surface area contributed by atoms with Crippen molar-refractivity contribution in [2.75, 3.05) is 5.32 Å². The van der Waals surface area contributed by atoms with Crippen molar-refractivity contribution in [1.29, 1.82) is 0 Å². The Kier molecular flexibility index (Phi) is 3.50. The SMILES string of the molecule is Cc1nccc(CNc2cc(-n3cnnn3)ccc2F)n1. The van der Waals surface area contributed by atoms with E-state index in [0.717, 1.165) is 5.69 Å². The molecule has 0 saturated carbocycles. The van der Waals surface area contributed by atoms with Gasteiger partial charge in [-0.05, 0) is 41.6 Å². The van der Waals surface area contributed by atoms with Gasteiger partial charge in [0, 0.05) is 6.20 Å².